The van der Waals surface area contributed by atoms with Gasteiger partial charge < -0.3 is 10.2 Å². The van der Waals surface area contributed by atoms with Crippen molar-refractivity contribution in [2.75, 3.05) is 18.9 Å². The molecule has 0 saturated carbocycles. The molecule has 130 valence electrons. The van der Waals surface area contributed by atoms with Gasteiger partial charge in [-0.2, -0.15) is 0 Å². The standard InChI is InChI=1S/C19H22N4OS/c1-3-15-11-16-18(21-13-22-19(16)25-15)20-10-9-17(24)23(2)12-14-7-5-4-6-8-14/h4-8,11,13H,3,9-10,12H2,1-2H3,(H,20,21,22). The zero-order chi connectivity index (χ0) is 17.6. The predicted octanol–water partition coefficient (Wildman–Crippen LogP) is 3.71. The van der Waals surface area contributed by atoms with E-state index >= 15 is 0 Å². The summed E-state index contributed by atoms with van der Waals surface area (Å²) in [6.07, 6.45) is 2.99. The first-order valence-corrected chi connectivity index (χ1v) is 9.24. The van der Waals surface area contributed by atoms with E-state index in [1.165, 1.54) is 4.88 Å². The van der Waals surface area contributed by atoms with E-state index in [9.17, 15) is 4.79 Å². The molecule has 2 heterocycles. The number of nitrogens with zero attached hydrogens (tertiary/aromatic N) is 3. The van der Waals surface area contributed by atoms with E-state index < -0.39 is 0 Å². The first kappa shape index (κ1) is 17.4. The Hall–Kier alpha value is -2.47. The fraction of sp³-hybridized carbons (Fsp3) is 0.316. The third-order valence-corrected chi connectivity index (χ3v) is 5.24. The lowest BCUT2D eigenvalue weighted by Crippen LogP contribution is -2.27. The van der Waals surface area contributed by atoms with Crippen LogP contribution in [0.4, 0.5) is 5.82 Å². The highest BCUT2D eigenvalue weighted by Gasteiger charge is 2.11. The van der Waals surface area contributed by atoms with Crippen LogP contribution < -0.4 is 5.32 Å². The van der Waals surface area contributed by atoms with Crippen LogP contribution in [0.15, 0.2) is 42.7 Å². The van der Waals surface area contributed by atoms with Crippen molar-refractivity contribution in [1.82, 2.24) is 14.9 Å². The second-order valence-corrected chi connectivity index (χ2v) is 7.03. The molecule has 0 atom stereocenters. The number of hydrogen-bond donors (Lipinski definition) is 1. The largest absolute Gasteiger partial charge is 0.369 e. The van der Waals surface area contributed by atoms with Crippen molar-refractivity contribution in [3.05, 3.63) is 53.2 Å². The molecule has 5 nitrogen and oxygen atoms in total. The van der Waals surface area contributed by atoms with Crippen molar-refractivity contribution in [3.63, 3.8) is 0 Å². The highest BCUT2D eigenvalue weighted by Crippen LogP contribution is 2.28. The van der Waals surface area contributed by atoms with Gasteiger partial charge in [-0.25, -0.2) is 9.97 Å². The molecule has 0 aliphatic carbocycles. The number of rotatable bonds is 7. The lowest BCUT2D eigenvalue weighted by atomic mass is 10.2. The molecule has 25 heavy (non-hydrogen) atoms. The molecule has 3 rings (SSSR count). The highest BCUT2D eigenvalue weighted by molar-refractivity contribution is 7.18. The minimum absolute atomic E-state index is 0.112. The summed E-state index contributed by atoms with van der Waals surface area (Å²) in [5.41, 5.74) is 1.13. The minimum Gasteiger partial charge on any atom is -0.369 e. The molecule has 0 aliphatic rings. The molecule has 6 heteroatoms. The van der Waals surface area contributed by atoms with E-state index in [0.717, 1.165) is 28.0 Å². The Labute approximate surface area is 151 Å². The van der Waals surface area contributed by atoms with E-state index in [2.05, 4.69) is 28.3 Å². The molecule has 0 spiro atoms. The van der Waals surface area contributed by atoms with Crippen molar-refractivity contribution in [2.45, 2.75) is 26.3 Å². The van der Waals surface area contributed by atoms with Crippen LogP contribution in [0.5, 0.6) is 0 Å². The lowest BCUT2D eigenvalue weighted by molar-refractivity contribution is -0.130. The smallest absolute Gasteiger partial charge is 0.224 e. The summed E-state index contributed by atoms with van der Waals surface area (Å²) in [5.74, 6) is 0.917. The number of aryl methyl sites for hydroxylation is 1. The van der Waals surface area contributed by atoms with Crippen LogP contribution in [0.1, 0.15) is 23.8 Å². The van der Waals surface area contributed by atoms with Gasteiger partial charge >= 0.3 is 0 Å². The molecule has 0 radical (unpaired) electrons. The van der Waals surface area contributed by atoms with Gasteiger partial charge in [0.25, 0.3) is 0 Å². The van der Waals surface area contributed by atoms with Crippen molar-refractivity contribution in [2.24, 2.45) is 0 Å². The Balaban J connectivity index is 1.55. The van der Waals surface area contributed by atoms with Gasteiger partial charge in [-0.3, -0.25) is 4.79 Å². The van der Waals surface area contributed by atoms with E-state index in [1.54, 1.807) is 22.6 Å². The summed E-state index contributed by atoms with van der Waals surface area (Å²) in [6, 6.07) is 12.1. The summed E-state index contributed by atoms with van der Waals surface area (Å²) in [4.78, 5) is 25.0. The van der Waals surface area contributed by atoms with Gasteiger partial charge in [0.15, 0.2) is 0 Å². The average molecular weight is 354 g/mol. The number of thiophene rings is 1. The second-order valence-electron chi connectivity index (χ2n) is 5.92. The first-order chi connectivity index (χ1) is 12.2. The number of benzene rings is 1. The van der Waals surface area contributed by atoms with Gasteiger partial charge in [-0.05, 0) is 18.1 Å². The number of nitrogens with one attached hydrogen (secondary N) is 1. The van der Waals surface area contributed by atoms with Crippen LogP contribution in [0.3, 0.4) is 0 Å². The summed E-state index contributed by atoms with van der Waals surface area (Å²) in [7, 11) is 1.84. The van der Waals surface area contributed by atoms with Gasteiger partial charge in [-0.1, -0.05) is 37.3 Å². The van der Waals surface area contributed by atoms with Gasteiger partial charge in [-0.15, -0.1) is 11.3 Å². The van der Waals surface area contributed by atoms with Crippen LogP contribution in [0, 0.1) is 0 Å². The Morgan fingerprint density at radius 2 is 2.04 bits per heavy atom. The average Bonchev–Trinajstić information content (AvgIpc) is 3.06. The van der Waals surface area contributed by atoms with E-state index in [4.69, 9.17) is 0 Å². The Bertz CT molecular complexity index is 847. The van der Waals surface area contributed by atoms with Gasteiger partial charge in [0.2, 0.25) is 5.91 Å². The molecular weight excluding hydrogens is 332 g/mol. The zero-order valence-electron chi connectivity index (χ0n) is 14.5. The number of hydrogen-bond acceptors (Lipinski definition) is 5. The van der Waals surface area contributed by atoms with Crippen LogP contribution in [0.2, 0.25) is 0 Å². The maximum absolute atomic E-state index is 12.3. The molecule has 0 fully saturated rings. The molecule has 3 aromatic rings. The van der Waals surface area contributed by atoms with Crippen LogP contribution in [0.25, 0.3) is 10.2 Å². The number of carbonyl (C=O) groups excluding carboxylic acids is 1. The Morgan fingerprint density at radius 1 is 1.24 bits per heavy atom. The number of anilines is 1. The fourth-order valence-electron chi connectivity index (χ4n) is 2.64. The van der Waals surface area contributed by atoms with E-state index in [-0.39, 0.29) is 5.91 Å². The fourth-order valence-corrected chi connectivity index (χ4v) is 3.58. The molecule has 1 N–H and O–H groups in total. The molecule has 0 aliphatic heterocycles. The first-order valence-electron chi connectivity index (χ1n) is 8.42. The molecule has 1 aromatic carbocycles. The third kappa shape index (κ3) is 4.33. The molecule has 0 saturated heterocycles. The normalized spacial score (nSPS) is 10.8. The number of aromatic nitrogens is 2. The topological polar surface area (TPSA) is 58.1 Å². The monoisotopic (exact) mass is 354 g/mol. The Morgan fingerprint density at radius 3 is 2.80 bits per heavy atom. The quantitative estimate of drug-likeness (QED) is 0.703. The number of amides is 1. The van der Waals surface area contributed by atoms with Gasteiger partial charge in [0.1, 0.15) is 17.0 Å². The Kier molecular flexibility index (Phi) is 5.60. The highest BCUT2D eigenvalue weighted by atomic mass is 32.1. The summed E-state index contributed by atoms with van der Waals surface area (Å²) in [6.45, 7) is 3.32. The van der Waals surface area contributed by atoms with Crippen LogP contribution in [-0.2, 0) is 17.8 Å². The SMILES string of the molecule is CCc1cc2c(NCCC(=O)N(C)Cc3ccccc3)ncnc2s1. The second kappa shape index (κ2) is 8.07. The van der Waals surface area contributed by atoms with Crippen LogP contribution in [-0.4, -0.2) is 34.4 Å². The predicted molar refractivity (Wildman–Crippen MR) is 103 cm³/mol. The summed E-state index contributed by atoms with van der Waals surface area (Å²) >= 11 is 1.69. The molecule has 0 bridgehead atoms. The van der Waals surface area contributed by atoms with Gasteiger partial charge in [0.05, 0.1) is 5.39 Å². The maximum Gasteiger partial charge on any atom is 0.224 e. The van der Waals surface area contributed by atoms with Crippen LogP contribution >= 0.6 is 11.3 Å². The van der Waals surface area contributed by atoms with Crippen molar-refractivity contribution < 1.29 is 4.79 Å². The molecular formula is C19H22N4OS. The minimum atomic E-state index is 0.112. The molecule has 2 aromatic heterocycles. The lowest BCUT2D eigenvalue weighted by Gasteiger charge is -2.17. The zero-order valence-corrected chi connectivity index (χ0v) is 15.3. The number of carbonyl (C=O) groups is 1. The van der Waals surface area contributed by atoms with E-state index in [0.29, 0.717) is 19.5 Å². The molecule has 0 unspecified atom stereocenters. The molecule has 1 amide bonds. The van der Waals surface area contributed by atoms with Crippen molar-refractivity contribution in [3.8, 4) is 0 Å². The third-order valence-electron chi connectivity index (χ3n) is 4.05. The summed E-state index contributed by atoms with van der Waals surface area (Å²) in [5, 5.41) is 4.32. The van der Waals surface area contributed by atoms with Crippen molar-refractivity contribution in [1.29, 1.82) is 0 Å². The summed E-state index contributed by atoms with van der Waals surface area (Å²) < 4.78 is 0. The van der Waals surface area contributed by atoms with Crippen molar-refractivity contribution >= 4 is 33.3 Å². The van der Waals surface area contributed by atoms with Gasteiger partial charge in [0, 0.05) is 31.4 Å². The van der Waals surface area contributed by atoms with E-state index in [1.807, 2.05) is 37.4 Å². The maximum atomic E-state index is 12.3. The number of fused-ring (bicyclic) bond motifs is 1.